The first-order valence-electron chi connectivity index (χ1n) is 4.28. The van der Waals surface area contributed by atoms with Crippen LogP contribution in [0, 0.1) is 0 Å². The fourth-order valence-electron chi connectivity index (χ4n) is 1.88. The summed E-state index contributed by atoms with van der Waals surface area (Å²) < 4.78 is 1.89. The quantitative estimate of drug-likeness (QED) is 0.640. The molecule has 2 heterocycles. The van der Waals surface area contributed by atoms with Crippen LogP contribution in [0.3, 0.4) is 0 Å². The Labute approximate surface area is 71.7 Å². The van der Waals surface area contributed by atoms with Crippen molar-refractivity contribution in [2.75, 3.05) is 5.73 Å². The second kappa shape index (κ2) is 2.48. The van der Waals surface area contributed by atoms with Gasteiger partial charge in [0, 0.05) is 25.2 Å². The molecule has 1 aliphatic rings. The summed E-state index contributed by atoms with van der Waals surface area (Å²) >= 11 is 0. The second-order valence-corrected chi connectivity index (χ2v) is 3.21. The van der Waals surface area contributed by atoms with Crippen molar-refractivity contribution in [1.82, 2.24) is 15.1 Å². The highest BCUT2D eigenvalue weighted by Crippen LogP contribution is 2.30. The third-order valence-corrected chi connectivity index (χ3v) is 2.49. The number of hydrogen-bond donors (Lipinski definition) is 2. The largest absolute Gasteiger partial charge is 0.382 e. The molecule has 3 N–H and O–H groups in total. The average Bonchev–Trinajstić information content (AvgIpc) is 2.55. The summed E-state index contributed by atoms with van der Waals surface area (Å²) in [5.41, 5.74) is 8.18. The predicted molar refractivity (Wildman–Crippen MR) is 47.5 cm³/mol. The number of aryl methyl sites for hydroxylation is 1. The van der Waals surface area contributed by atoms with Gasteiger partial charge in [-0.3, -0.25) is 4.68 Å². The average molecular weight is 166 g/mol. The molecule has 1 aromatic rings. The molecule has 0 bridgehead atoms. The molecular weight excluding hydrogens is 152 g/mol. The minimum absolute atomic E-state index is 0.440. The Morgan fingerprint density at radius 1 is 1.75 bits per heavy atom. The van der Waals surface area contributed by atoms with E-state index in [-0.39, 0.29) is 0 Å². The van der Waals surface area contributed by atoms with Crippen LogP contribution in [0.15, 0.2) is 0 Å². The van der Waals surface area contributed by atoms with E-state index in [2.05, 4.69) is 17.3 Å². The van der Waals surface area contributed by atoms with Gasteiger partial charge in [0.1, 0.15) is 5.82 Å². The Bertz CT molecular complexity index is 302. The highest BCUT2D eigenvalue weighted by Gasteiger charge is 2.26. The van der Waals surface area contributed by atoms with Crippen LogP contribution in [0.25, 0.3) is 0 Å². The van der Waals surface area contributed by atoms with Crippen LogP contribution in [0.2, 0.25) is 0 Å². The molecule has 1 atom stereocenters. The molecule has 0 amide bonds. The molecule has 4 heteroatoms. The maximum Gasteiger partial charge on any atom is 0.150 e. The number of nitrogens with zero attached hydrogens (tertiary/aromatic N) is 2. The van der Waals surface area contributed by atoms with Crippen LogP contribution < -0.4 is 11.1 Å². The van der Waals surface area contributed by atoms with Gasteiger partial charge >= 0.3 is 0 Å². The van der Waals surface area contributed by atoms with Crippen LogP contribution in [-0.4, -0.2) is 9.78 Å². The Morgan fingerprint density at radius 2 is 2.50 bits per heavy atom. The highest BCUT2D eigenvalue weighted by atomic mass is 15.3. The Balaban J connectivity index is 2.49. The zero-order valence-electron chi connectivity index (χ0n) is 7.46. The third kappa shape index (κ3) is 0.845. The lowest BCUT2D eigenvalue weighted by molar-refractivity contribution is 0.525. The van der Waals surface area contributed by atoms with Gasteiger partial charge in [0.05, 0.1) is 5.69 Å². The molecule has 0 fully saturated rings. The standard InChI is InChI=1S/C8H14N4/c1-3-6-7-5(4-10-6)8(9)11-12(7)2/h6,10H,3-4H2,1-2H3,(H2,9,11). The number of nitrogens with two attached hydrogens (primary N) is 1. The van der Waals surface area contributed by atoms with Crippen LogP contribution in [0.4, 0.5) is 5.82 Å². The minimum atomic E-state index is 0.440. The molecular formula is C8H14N4. The highest BCUT2D eigenvalue weighted by molar-refractivity contribution is 5.46. The van der Waals surface area contributed by atoms with E-state index in [1.165, 1.54) is 11.3 Å². The molecule has 2 rings (SSSR count). The maximum atomic E-state index is 5.74. The summed E-state index contributed by atoms with van der Waals surface area (Å²) in [5, 5.41) is 7.58. The number of aromatic nitrogens is 2. The van der Waals surface area contributed by atoms with Crippen molar-refractivity contribution in [3.05, 3.63) is 11.3 Å². The number of fused-ring (bicyclic) bond motifs is 1. The number of rotatable bonds is 1. The normalized spacial score (nSPS) is 21.3. The molecule has 4 nitrogen and oxygen atoms in total. The molecule has 66 valence electrons. The monoisotopic (exact) mass is 166 g/mol. The van der Waals surface area contributed by atoms with Gasteiger partial charge < -0.3 is 11.1 Å². The summed E-state index contributed by atoms with van der Waals surface area (Å²) in [6.45, 7) is 3.03. The zero-order valence-corrected chi connectivity index (χ0v) is 7.46. The van der Waals surface area contributed by atoms with Crippen molar-refractivity contribution >= 4 is 5.82 Å². The first kappa shape index (κ1) is 7.61. The molecule has 1 aliphatic heterocycles. The summed E-state index contributed by atoms with van der Waals surface area (Å²) in [5.74, 6) is 0.677. The van der Waals surface area contributed by atoms with Crippen molar-refractivity contribution < 1.29 is 0 Å². The van der Waals surface area contributed by atoms with E-state index in [1.807, 2.05) is 11.7 Å². The molecule has 0 spiro atoms. The summed E-state index contributed by atoms with van der Waals surface area (Å²) in [6.07, 6.45) is 1.09. The summed E-state index contributed by atoms with van der Waals surface area (Å²) in [4.78, 5) is 0. The molecule has 0 saturated heterocycles. The van der Waals surface area contributed by atoms with Crippen molar-refractivity contribution in [3.8, 4) is 0 Å². The lowest BCUT2D eigenvalue weighted by atomic mass is 10.1. The Morgan fingerprint density at radius 3 is 3.17 bits per heavy atom. The van der Waals surface area contributed by atoms with Gasteiger partial charge in [-0.2, -0.15) is 5.10 Å². The van der Waals surface area contributed by atoms with Crippen LogP contribution >= 0.6 is 0 Å². The van der Waals surface area contributed by atoms with E-state index in [9.17, 15) is 0 Å². The van der Waals surface area contributed by atoms with Crippen molar-refractivity contribution in [3.63, 3.8) is 0 Å². The van der Waals surface area contributed by atoms with E-state index in [0.717, 1.165) is 13.0 Å². The zero-order chi connectivity index (χ0) is 8.72. The molecule has 1 unspecified atom stereocenters. The number of nitrogens with one attached hydrogen (secondary N) is 1. The van der Waals surface area contributed by atoms with Gasteiger partial charge in [0.15, 0.2) is 0 Å². The number of nitrogen functional groups attached to an aromatic ring is 1. The molecule has 1 aromatic heterocycles. The molecule has 0 saturated carbocycles. The maximum absolute atomic E-state index is 5.74. The van der Waals surface area contributed by atoms with Gasteiger partial charge in [-0.1, -0.05) is 6.92 Å². The van der Waals surface area contributed by atoms with Gasteiger partial charge in [0.2, 0.25) is 0 Å². The van der Waals surface area contributed by atoms with Gasteiger partial charge in [-0.05, 0) is 6.42 Å². The van der Waals surface area contributed by atoms with Gasteiger partial charge in [0.25, 0.3) is 0 Å². The van der Waals surface area contributed by atoms with Crippen LogP contribution in [0.1, 0.15) is 30.6 Å². The van der Waals surface area contributed by atoms with Crippen molar-refractivity contribution in [2.45, 2.75) is 25.9 Å². The van der Waals surface area contributed by atoms with Gasteiger partial charge in [-0.25, -0.2) is 0 Å². The fourth-order valence-corrected chi connectivity index (χ4v) is 1.88. The molecule has 0 aliphatic carbocycles. The lowest BCUT2D eigenvalue weighted by Gasteiger charge is -2.08. The fraction of sp³-hybridized carbons (Fsp3) is 0.625. The van der Waals surface area contributed by atoms with Crippen LogP contribution in [0.5, 0.6) is 0 Å². The second-order valence-electron chi connectivity index (χ2n) is 3.21. The number of hydrogen-bond acceptors (Lipinski definition) is 3. The predicted octanol–water partition coefficient (Wildman–Crippen LogP) is 0.557. The van der Waals surface area contributed by atoms with Gasteiger partial charge in [-0.15, -0.1) is 0 Å². The first-order valence-corrected chi connectivity index (χ1v) is 4.28. The summed E-state index contributed by atoms with van der Waals surface area (Å²) in [6, 6.07) is 0.440. The van der Waals surface area contributed by atoms with E-state index >= 15 is 0 Å². The Kier molecular flexibility index (Phi) is 1.58. The first-order chi connectivity index (χ1) is 5.74. The molecule has 0 radical (unpaired) electrons. The Hall–Kier alpha value is -1.03. The van der Waals surface area contributed by atoms with Crippen LogP contribution in [-0.2, 0) is 13.6 Å². The third-order valence-electron chi connectivity index (χ3n) is 2.49. The SMILES string of the molecule is CCC1NCc2c(N)nn(C)c21. The molecule has 12 heavy (non-hydrogen) atoms. The smallest absolute Gasteiger partial charge is 0.150 e. The number of anilines is 1. The van der Waals surface area contributed by atoms with Crippen molar-refractivity contribution in [1.29, 1.82) is 0 Å². The van der Waals surface area contributed by atoms with Crippen molar-refractivity contribution in [2.24, 2.45) is 7.05 Å². The topological polar surface area (TPSA) is 55.9 Å². The van der Waals surface area contributed by atoms with E-state index in [1.54, 1.807) is 0 Å². The van der Waals surface area contributed by atoms with E-state index in [0.29, 0.717) is 11.9 Å². The summed E-state index contributed by atoms with van der Waals surface area (Å²) in [7, 11) is 1.95. The lowest BCUT2D eigenvalue weighted by Crippen LogP contribution is -2.14. The minimum Gasteiger partial charge on any atom is -0.382 e. The van der Waals surface area contributed by atoms with E-state index in [4.69, 9.17) is 5.73 Å². The molecule has 0 aromatic carbocycles. The van der Waals surface area contributed by atoms with E-state index < -0.39 is 0 Å².